The van der Waals surface area contributed by atoms with Gasteiger partial charge in [0.25, 0.3) is 0 Å². The van der Waals surface area contributed by atoms with Crippen molar-refractivity contribution in [3.8, 4) is 11.3 Å². The van der Waals surface area contributed by atoms with E-state index in [1.165, 1.54) is 12.1 Å². The molecule has 2 N–H and O–H groups in total. The van der Waals surface area contributed by atoms with Gasteiger partial charge in [0.2, 0.25) is 0 Å². The van der Waals surface area contributed by atoms with Crippen LogP contribution in [0.5, 0.6) is 0 Å². The number of aromatic nitrogens is 2. The third kappa shape index (κ3) is 2.50. The van der Waals surface area contributed by atoms with Crippen LogP contribution in [0.15, 0.2) is 24.4 Å². The summed E-state index contributed by atoms with van der Waals surface area (Å²) >= 11 is 0. The molecule has 0 radical (unpaired) electrons. The molecule has 0 saturated carbocycles. The highest BCUT2D eigenvalue weighted by molar-refractivity contribution is 5.59. The topological polar surface area (TPSA) is 49.9 Å². The summed E-state index contributed by atoms with van der Waals surface area (Å²) in [6, 6.07) is 3.46. The van der Waals surface area contributed by atoms with E-state index in [0.717, 1.165) is 12.6 Å². The number of imidazole rings is 1. The summed E-state index contributed by atoms with van der Waals surface area (Å²) in [7, 11) is 0. The van der Waals surface area contributed by atoms with Crippen LogP contribution in [0.4, 0.5) is 8.78 Å². The van der Waals surface area contributed by atoms with Crippen molar-refractivity contribution in [3.63, 3.8) is 0 Å². The van der Waals surface area contributed by atoms with E-state index in [2.05, 4.69) is 15.3 Å². The fourth-order valence-electron chi connectivity index (χ4n) is 2.10. The van der Waals surface area contributed by atoms with Gasteiger partial charge in [-0.25, -0.2) is 13.8 Å². The Morgan fingerprint density at radius 3 is 2.95 bits per heavy atom. The maximum absolute atomic E-state index is 13.7. The van der Waals surface area contributed by atoms with E-state index in [4.69, 9.17) is 4.74 Å². The molecule has 100 valence electrons. The van der Waals surface area contributed by atoms with Gasteiger partial charge in [0.1, 0.15) is 17.5 Å². The Morgan fingerprint density at radius 2 is 2.21 bits per heavy atom. The van der Waals surface area contributed by atoms with Crippen LogP contribution in [0.25, 0.3) is 11.3 Å². The van der Waals surface area contributed by atoms with E-state index in [9.17, 15) is 8.78 Å². The summed E-state index contributed by atoms with van der Waals surface area (Å²) in [5.41, 5.74) is 0.830. The number of halogens is 2. The average Bonchev–Trinajstić information content (AvgIpc) is 2.89. The van der Waals surface area contributed by atoms with Gasteiger partial charge < -0.3 is 15.0 Å². The Labute approximate surface area is 108 Å². The van der Waals surface area contributed by atoms with Gasteiger partial charge in [-0.15, -0.1) is 0 Å². The zero-order valence-electron chi connectivity index (χ0n) is 10.1. The van der Waals surface area contributed by atoms with Crippen LogP contribution in [0, 0.1) is 11.6 Å². The minimum absolute atomic E-state index is 0.0222. The normalized spacial score (nSPS) is 19.6. The fourth-order valence-corrected chi connectivity index (χ4v) is 2.10. The molecule has 2 aromatic rings. The van der Waals surface area contributed by atoms with E-state index >= 15 is 0 Å². The van der Waals surface area contributed by atoms with Crippen molar-refractivity contribution in [1.29, 1.82) is 0 Å². The Bertz CT molecular complexity index is 579. The van der Waals surface area contributed by atoms with Gasteiger partial charge in [0.15, 0.2) is 0 Å². The molecular weight excluding hydrogens is 252 g/mol. The van der Waals surface area contributed by atoms with Gasteiger partial charge in [0, 0.05) is 18.2 Å². The molecule has 0 spiro atoms. The number of aromatic amines is 1. The maximum atomic E-state index is 13.7. The number of ether oxygens (including phenoxy) is 1. The number of benzene rings is 1. The molecule has 1 aromatic heterocycles. The molecule has 1 unspecified atom stereocenters. The van der Waals surface area contributed by atoms with E-state index < -0.39 is 11.6 Å². The number of morpholine rings is 1. The summed E-state index contributed by atoms with van der Waals surface area (Å²) in [5.74, 6) is -0.509. The zero-order chi connectivity index (χ0) is 13.2. The van der Waals surface area contributed by atoms with Crippen molar-refractivity contribution < 1.29 is 13.5 Å². The molecule has 1 fully saturated rings. The molecule has 0 aliphatic carbocycles. The van der Waals surface area contributed by atoms with Gasteiger partial charge in [-0.05, 0) is 12.1 Å². The predicted molar refractivity (Wildman–Crippen MR) is 65.5 cm³/mol. The van der Waals surface area contributed by atoms with Gasteiger partial charge in [-0.1, -0.05) is 0 Å². The Kier molecular flexibility index (Phi) is 3.27. The minimum Gasteiger partial charge on any atom is -0.378 e. The quantitative estimate of drug-likeness (QED) is 0.873. The largest absolute Gasteiger partial charge is 0.378 e. The van der Waals surface area contributed by atoms with Crippen LogP contribution >= 0.6 is 0 Å². The van der Waals surface area contributed by atoms with Gasteiger partial charge in [-0.3, -0.25) is 0 Å². The molecule has 1 aliphatic heterocycles. The van der Waals surface area contributed by atoms with Gasteiger partial charge in [0.05, 0.1) is 31.1 Å². The second-order valence-electron chi connectivity index (χ2n) is 4.39. The number of hydrogen-bond donors (Lipinski definition) is 2. The Morgan fingerprint density at radius 1 is 1.32 bits per heavy atom. The smallest absolute Gasteiger partial charge is 0.135 e. The molecule has 1 saturated heterocycles. The SMILES string of the molecule is Fc1ccc(-c2cnc(C3COCCN3)[nH]2)c(F)c1. The number of H-pyrrole nitrogens is 1. The summed E-state index contributed by atoms with van der Waals surface area (Å²) < 4.78 is 31.9. The van der Waals surface area contributed by atoms with Crippen molar-refractivity contribution in [2.45, 2.75) is 6.04 Å². The van der Waals surface area contributed by atoms with Gasteiger partial charge >= 0.3 is 0 Å². The van der Waals surface area contributed by atoms with E-state index in [1.54, 1.807) is 6.20 Å². The first kappa shape index (κ1) is 12.3. The first-order valence-electron chi connectivity index (χ1n) is 6.05. The molecule has 19 heavy (non-hydrogen) atoms. The molecule has 4 nitrogen and oxygen atoms in total. The van der Waals surface area contributed by atoms with Crippen LogP contribution in [0.3, 0.4) is 0 Å². The molecular formula is C13H13F2N3O. The highest BCUT2D eigenvalue weighted by Gasteiger charge is 2.19. The molecule has 6 heteroatoms. The maximum Gasteiger partial charge on any atom is 0.135 e. The number of nitrogens with zero attached hydrogens (tertiary/aromatic N) is 1. The monoisotopic (exact) mass is 265 g/mol. The van der Waals surface area contributed by atoms with Crippen molar-refractivity contribution in [1.82, 2.24) is 15.3 Å². The number of hydrogen-bond acceptors (Lipinski definition) is 3. The summed E-state index contributed by atoms with van der Waals surface area (Å²) in [6.07, 6.45) is 1.54. The highest BCUT2D eigenvalue weighted by atomic mass is 19.1. The van der Waals surface area contributed by atoms with Crippen LogP contribution in [-0.2, 0) is 4.74 Å². The molecule has 1 aromatic carbocycles. The Hall–Kier alpha value is -1.79. The average molecular weight is 265 g/mol. The third-order valence-electron chi connectivity index (χ3n) is 3.07. The van der Waals surface area contributed by atoms with Crippen molar-refractivity contribution in [2.75, 3.05) is 19.8 Å². The molecule has 1 aliphatic rings. The van der Waals surface area contributed by atoms with E-state index in [-0.39, 0.29) is 6.04 Å². The highest BCUT2D eigenvalue weighted by Crippen LogP contribution is 2.23. The lowest BCUT2D eigenvalue weighted by molar-refractivity contribution is 0.0745. The zero-order valence-corrected chi connectivity index (χ0v) is 10.1. The number of nitrogens with one attached hydrogen (secondary N) is 2. The molecule has 2 heterocycles. The van der Waals surface area contributed by atoms with Gasteiger partial charge in [-0.2, -0.15) is 0 Å². The number of rotatable bonds is 2. The van der Waals surface area contributed by atoms with Crippen LogP contribution in [0.1, 0.15) is 11.9 Å². The van der Waals surface area contributed by atoms with E-state index in [1.807, 2.05) is 0 Å². The molecule has 0 amide bonds. The summed E-state index contributed by atoms with van der Waals surface area (Å²) in [4.78, 5) is 7.26. The summed E-state index contributed by atoms with van der Waals surface area (Å²) in [5, 5.41) is 3.25. The van der Waals surface area contributed by atoms with Crippen LogP contribution in [-0.4, -0.2) is 29.7 Å². The lowest BCUT2D eigenvalue weighted by Crippen LogP contribution is -2.35. The van der Waals surface area contributed by atoms with Crippen LogP contribution < -0.4 is 5.32 Å². The first-order valence-corrected chi connectivity index (χ1v) is 6.05. The second-order valence-corrected chi connectivity index (χ2v) is 4.39. The van der Waals surface area contributed by atoms with E-state index in [0.29, 0.717) is 30.3 Å². The lowest BCUT2D eigenvalue weighted by Gasteiger charge is -2.21. The van der Waals surface area contributed by atoms with Crippen molar-refractivity contribution in [3.05, 3.63) is 41.9 Å². The molecule has 3 rings (SSSR count). The minimum atomic E-state index is -0.608. The van der Waals surface area contributed by atoms with Crippen molar-refractivity contribution >= 4 is 0 Å². The fraction of sp³-hybridized carbons (Fsp3) is 0.308. The Balaban J connectivity index is 1.87. The molecule has 0 bridgehead atoms. The second kappa shape index (κ2) is 5.07. The lowest BCUT2D eigenvalue weighted by atomic mass is 10.1. The summed E-state index contributed by atoms with van der Waals surface area (Å²) in [6.45, 7) is 1.96. The third-order valence-corrected chi connectivity index (χ3v) is 3.07. The van der Waals surface area contributed by atoms with Crippen molar-refractivity contribution in [2.24, 2.45) is 0 Å². The standard InChI is InChI=1S/C13H13F2N3O/c14-8-1-2-9(10(15)5-8)11-6-17-13(18-11)12-7-19-4-3-16-12/h1-2,5-6,12,16H,3-4,7H2,(H,17,18). The van der Waals surface area contributed by atoms with Crippen LogP contribution in [0.2, 0.25) is 0 Å². The first-order chi connectivity index (χ1) is 9.24. The molecule has 1 atom stereocenters. The predicted octanol–water partition coefficient (Wildman–Crippen LogP) is 2.02.